The van der Waals surface area contributed by atoms with Crippen molar-refractivity contribution in [2.45, 2.75) is 0 Å². The standard InChI is InChI=1S/C12H10O3.Cr/c1-13-10-4-6-11(7-5-10)15-9-12-3-2-8-14-12;/h2-8H,1H3;. The Morgan fingerprint density at radius 2 is 1.81 bits per heavy atom. The zero-order chi connectivity index (χ0) is 11.4. The van der Waals surface area contributed by atoms with E-state index in [1.807, 2.05) is 36.4 Å². The van der Waals surface area contributed by atoms with Crippen LogP contribution in [0.2, 0.25) is 0 Å². The molecule has 0 aliphatic heterocycles. The molecule has 0 bridgehead atoms. The molecule has 4 heteroatoms. The van der Waals surface area contributed by atoms with Gasteiger partial charge in [0.05, 0.1) is 0 Å². The second kappa shape index (κ2) is 5.02. The molecule has 2 rings (SSSR count). The van der Waals surface area contributed by atoms with Gasteiger partial charge in [0.25, 0.3) is 0 Å². The molecule has 0 aliphatic rings. The molecule has 0 amide bonds. The summed E-state index contributed by atoms with van der Waals surface area (Å²) in [4.78, 5) is 0. The number of benzene rings is 1. The maximum absolute atomic E-state index is 5.57. The quantitative estimate of drug-likeness (QED) is 0.839. The van der Waals surface area contributed by atoms with Crippen LogP contribution in [0.25, 0.3) is 0 Å². The molecule has 3 nitrogen and oxygen atoms in total. The fraction of sp³-hybridized carbons (Fsp3) is 0.0833. The van der Waals surface area contributed by atoms with E-state index in [0.29, 0.717) is 10.3 Å². The van der Waals surface area contributed by atoms with E-state index in [-0.39, 0.29) is 0 Å². The van der Waals surface area contributed by atoms with E-state index < -0.39 is 0 Å². The van der Waals surface area contributed by atoms with Gasteiger partial charge in [0.15, 0.2) is 0 Å². The Kier molecular flexibility index (Phi) is 3.45. The Balaban J connectivity index is 2.06. The minimum absolute atomic E-state index is 0.607. The summed E-state index contributed by atoms with van der Waals surface area (Å²) >= 11 is 2.83. The zero-order valence-corrected chi connectivity index (χ0v) is 9.95. The van der Waals surface area contributed by atoms with E-state index in [9.17, 15) is 0 Å². The monoisotopic (exact) mass is 254 g/mol. The van der Waals surface area contributed by atoms with Crippen molar-refractivity contribution in [3.8, 4) is 11.5 Å². The van der Waals surface area contributed by atoms with E-state index >= 15 is 0 Å². The number of furan rings is 1. The van der Waals surface area contributed by atoms with E-state index in [1.54, 1.807) is 13.4 Å². The number of hydrogen-bond donors (Lipinski definition) is 0. The molecule has 16 heavy (non-hydrogen) atoms. The number of rotatable bonds is 4. The second-order valence-corrected chi connectivity index (χ2v) is 3.62. The van der Waals surface area contributed by atoms with Crippen LogP contribution in [0.1, 0.15) is 5.76 Å². The van der Waals surface area contributed by atoms with Crippen LogP contribution in [0.3, 0.4) is 0 Å². The molecule has 0 spiro atoms. The predicted molar refractivity (Wildman–Crippen MR) is 56.4 cm³/mol. The molecule has 1 aromatic heterocycles. The Morgan fingerprint density at radius 3 is 2.38 bits per heavy atom. The number of hydrogen-bond acceptors (Lipinski definition) is 3. The molecule has 0 saturated carbocycles. The van der Waals surface area contributed by atoms with Crippen LogP contribution in [-0.4, -0.2) is 11.7 Å². The number of ether oxygens (including phenoxy) is 2. The summed E-state index contributed by atoms with van der Waals surface area (Å²) in [5.74, 6) is 2.20. The molecule has 0 atom stereocenters. The molecule has 0 saturated heterocycles. The van der Waals surface area contributed by atoms with Crippen LogP contribution in [0.5, 0.6) is 11.5 Å². The topological polar surface area (TPSA) is 31.6 Å². The normalized spacial score (nSPS) is 9.81. The molecule has 0 unspecified atom stereocenters. The van der Waals surface area contributed by atoms with Gasteiger partial charge in [0.2, 0.25) is 0 Å². The SMILES string of the molecule is COc1ccc(O[C](=[Cr])c2ccco2)cc1. The first-order valence-electron chi connectivity index (χ1n) is 4.69. The van der Waals surface area contributed by atoms with Crippen molar-refractivity contribution in [2.24, 2.45) is 0 Å². The first-order chi connectivity index (χ1) is 7.79. The van der Waals surface area contributed by atoms with Gasteiger partial charge in [-0.05, 0) is 0 Å². The first-order valence-corrected chi connectivity index (χ1v) is 5.33. The average molecular weight is 254 g/mol. The molecule has 1 heterocycles. The Hall–Kier alpha value is -1.50. The molecule has 0 aliphatic carbocycles. The van der Waals surface area contributed by atoms with E-state index in [1.165, 1.54) is 0 Å². The van der Waals surface area contributed by atoms with Crippen LogP contribution in [0.4, 0.5) is 0 Å². The van der Waals surface area contributed by atoms with Crippen molar-refractivity contribution < 1.29 is 29.7 Å². The number of methoxy groups -OCH3 is 1. The van der Waals surface area contributed by atoms with Crippen molar-refractivity contribution in [3.63, 3.8) is 0 Å². The van der Waals surface area contributed by atoms with Gasteiger partial charge in [-0.1, -0.05) is 0 Å². The third-order valence-electron chi connectivity index (χ3n) is 1.99. The molecular weight excluding hydrogens is 244 g/mol. The third kappa shape index (κ3) is 2.54. The Labute approximate surface area is 102 Å². The van der Waals surface area contributed by atoms with E-state index in [2.05, 4.69) is 15.9 Å². The van der Waals surface area contributed by atoms with Crippen LogP contribution in [0.15, 0.2) is 47.1 Å². The van der Waals surface area contributed by atoms with Gasteiger partial charge < -0.3 is 0 Å². The minimum atomic E-state index is 0.607. The average Bonchev–Trinajstić information content (AvgIpc) is 2.83. The molecule has 1 aromatic carbocycles. The summed E-state index contributed by atoms with van der Waals surface area (Å²) in [5.41, 5.74) is 0. The van der Waals surface area contributed by atoms with Gasteiger partial charge >= 0.3 is 101 Å². The third-order valence-corrected chi connectivity index (χ3v) is 2.44. The van der Waals surface area contributed by atoms with E-state index in [4.69, 9.17) is 13.9 Å². The Bertz CT molecular complexity index is 460. The van der Waals surface area contributed by atoms with Gasteiger partial charge in [-0.3, -0.25) is 0 Å². The summed E-state index contributed by atoms with van der Waals surface area (Å²) in [6.45, 7) is 0. The Morgan fingerprint density at radius 1 is 1.12 bits per heavy atom. The molecule has 0 radical (unpaired) electrons. The molecule has 0 fully saturated rings. The van der Waals surface area contributed by atoms with Crippen LogP contribution in [-0.2, 0) is 15.9 Å². The van der Waals surface area contributed by atoms with Crippen LogP contribution in [0, 0.1) is 0 Å². The summed E-state index contributed by atoms with van der Waals surface area (Å²) in [5, 5.41) is 0. The van der Waals surface area contributed by atoms with Gasteiger partial charge in [0.1, 0.15) is 0 Å². The zero-order valence-electron chi connectivity index (χ0n) is 8.67. The second-order valence-electron chi connectivity index (χ2n) is 3.04. The van der Waals surface area contributed by atoms with Gasteiger partial charge in [-0.15, -0.1) is 0 Å². The fourth-order valence-corrected chi connectivity index (χ4v) is 1.53. The predicted octanol–water partition coefficient (Wildman–Crippen LogP) is 2.39. The first kappa shape index (κ1) is 11.0. The summed E-state index contributed by atoms with van der Waals surface area (Å²) < 4.78 is 16.4. The van der Waals surface area contributed by atoms with Crippen molar-refractivity contribution in [3.05, 3.63) is 48.4 Å². The van der Waals surface area contributed by atoms with Crippen LogP contribution < -0.4 is 9.47 Å². The molecule has 2 aromatic rings. The van der Waals surface area contributed by atoms with Crippen LogP contribution >= 0.6 is 0 Å². The van der Waals surface area contributed by atoms with Gasteiger partial charge in [-0.25, -0.2) is 0 Å². The summed E-state index contributed by atoms with van der Waals surface area (Å²) in [7, 11) is 1.63. The van der Waals surface area contributed by atoms with Crippen molar-refractivity contribution in [1.29, 1.82) is 0 Å². The maximum atomic E-state index is 5.57. The van der Waals surface area contributed by atoms with Crippen molar-refractivity contribution >= 4 is 4.57 Å². The molecule has 82 valence electrons. The molecule has 0 N–H and O–H groups in total. The molecular formula is C12H10CrO3. The van der Waals surface area contributed by atoms with E-state index in [0.717, 1.165) is 11.5 Å². The fourth-order valence-electron chi connectivity index (χ4n) is 1.20. The van der Waals surface area contributed by atoms with Gasteiger partial charge in [0, 0.05) is 0 Å². The van der Waals surface area contributed by atoms with Gasteiger partial charge in [-0.2, -0.15) is 0 Å². The van der Waals surface area contributed by atoms with Crippen molar-refractivity contribution in [1.82, 2.24) is 0 Å². The summed E-state index contributed by atoms with van der Waals surface area (Å²) in [6.07, 6.45) is 1.60. The van der Waals surface area contributed by atoms with Crippen molar-refractivity contribution in [2.75, 3.05) is 7.11 Å². The summed E-state index contributed by atoms with van der Waals surface area (Å²) in [6, 6.07) is 11.0.